The van der Waals surface area contributed by atoms with Gasteiger partial charge in [-0.3, -0.25) is 14.4 Å². The van der Waals surface area contributed by atoms with Crippen molar-refractivity contribution in [3.63, 3.8) is 0 Å². The number of carbonyl (C=O) groups is 4. The summed E-state index contributed by atoms with van der Waals surface area (Å²) in [6, 6.07) is 12.4. The molecule has 2 aromatic rings. The minimum Gasteiger partial charge on any atom is -0.465 e. The number of esters is 1. The number of hydrogen-bond donors (Lipinski definition) is 4. The van der Waals surface area contributed by atoms with Crippen LogP contribution in [0.4, 0.5) is 0 Å². The molecule has 1 aliphatic rings. The molecule has 0 bridgehead atoms. The number of nitrogens with one attached hydrogen (secondary N) is 4. The molecule has 9 heteroatoms. The summed E-state index contributed by atoms with van der Waals surface area (Å²) in [5, 5.41) is 11.8. The van der Waals surface area contributed by atoms with Crippen molar-refractivity contribution in [2.24, 2.45) is 5.41 Å². The van der Waals surface area contributed by atoms with Gasteiger partial charge in [-0.15, -0.1) is 0 Å². The number of aryl methyl sites for hydroxylation is 1. The fourth-order valence-electron chi connectivity index (χ4n) is 4.84. The molecule has 1 aliphatic carbocycles. The zero-order valence-corrected chi connectivity index (χ0v) is 24.3. The lowest BCUT2D eigenvalue weighted by molar-refractivity contribution is -0.135. The van der Waals surface area contributed by atoms with Crippen molar-refractivity contribution >= 4 is 23.7 Å². The van der Waals surface area contributed by atoms with Crippen molar-refractivity contribution < 1.29 is 23.9 Å². The normalized spacial score (nSPS) is 17.0. The van der Waals surface area contributed by atoms with Crippen LogP contribution in [0.3, 0.4) is 0 Å². The predicted molar refractivity (Wildman–Crippen MR) is 154 cm³/mol. The van der Waals surface area contributed by atoms with E-state index in [1.165, 1.54) is 12.7 Å². The molecule has 0 spiro atoms. The van der Waals surface area contributed by atoms with E-state index in [1.807, 2.05) is 39.0 Å². The SMILES string of the molecule is CN[C@@H](C)C(=O)N[C@H](C(=O)N[C@@H](Cc1ccc(C(=O)OC)cc1)C(=O)N[C@@H]1CCCc2ccccc21)C(C)(C)C. The van der Waals surface area contributed by atoms with E-state index < -0.39 is 35.4 Å². The van der Waals surface area contributed by atoms with Crippen LogP contribution >= 0.6 is 0 Å². The molecule has 0 aliphatic heterocycles. The van der Waals surface area contributed by atoms with Crippen molar-refractivity contribution in [3.8, 4) is 0 Å². The smallest absolute Gasteiger partial charge is 0.337 e. The van der Waals surface area contributed by atoms with Gasteiger partial charge in [0.05, 0.1) is 24.8 Å². The molecule has 3 amide bonds. The molecule has 216 valence electrons. The minimum atomic E-state index is -0.908. The van der Waals surface area contributed by atoms with Crippen LogP contribution in [-0.4, -0.2) is 56.0 Å². The summed E-state index contributed by atoms with van der Waals surface area (Å²) in [5.74, 6) is -1.52. The van der Waals surface area contributed by atoms with Gasteiger partial charge >= 0.3 is 5.97 Å². The number of fused-ring (bicyclic) bond motifs is 1. The maximum absolute atomic E-state index is 13.7. The monoisotopic (exact) mass is 550 g/mol. The molecule has 4 atom stereocenters. The van der Waals surface area contributed by atoms with Crippen LogP contribution < -0.4 is 21.3 Å². The molecular formula is C31H42N4O5. The van der Waals surface area contributed by atoms with Gasteiger partial charge in [-0.1, -0.05) is 57.2 Å². The fraction of sp³-hybridized carbons (Fsp3) is 0.484. The van der Waals surface area contributed by atoms with Gasteiger partial charge in [-0.05, 0) is 67.5 Å². The van der Waals surface area contributed by atoms with Crippen molar-refractivity contribution in [2.45, 2.75) is 77.5 Å². The lowest BCUT2D eigenvalue weighted by atomic mass is 9.85. The number of likely N-dealkylation sites (N-methyl/N-ethyl adjacent to an activating group) is 1. The predicted octanol–water partition coefficient (Wildman–Crippen LogP) is 2.83. The number of benzene rings is 2. The first-order valence-corrected chi connectivity index (χ1v) is 13.8. The molecule has 0 saturated heterocycles. The Morgan fingerprint density at radius 2 is 1.62 bits per heavy atom. The Morgan fingerprint density at radius 1 is 0.950 bits per heavy atom. The Balaban J connectivity index is 1.86. The maximum atomic E-state index is 13.7. The highest BCUT2D eigenvalue weighted by Crippen LogP contribution is 2.29. The first-order valence-electron chi connectivity index (χ1n) is 13.8. The average Bonchev–Trinajstić information content (AvgIpc) is 2.94. The van der Waals surface area contributed by atoms with Crippen molar-refractivity contribution in [1.29, 1.82) is 0 Å². The van der Waals surface area contributed by atoms with Crippen LogP contribution in [0, 0.1) is 5.41 Å². The van der Waals surface area contributed by atoms with E-state index in [1.54, 1.807) is 38.2 Å². The quantitative estimate of drug-likeness (QED) is 0.337. The number of ether oxygens (including phenoxy) is 1. The van der Waals surface area contributed by atoms with Crippen LogP contribution in [0.2, 0.25) is 0 Å². The topological polar surface area (TPSA) is 126 Å². The van der Waals surface area contributed by atoms with Crippen LogP contribution in [-0.2, 0) is 32.0 Å². The second-order valence-corrected chi connectivity index (χ2v) is 11.4. The third-order valence-electron chi connectivity index (χ3n) is 7.37. The average molecular weight is 551 g/mol. The van der Waals surface area contributed by atoms with E-state index in [0.717, 1.165) is 30.4 Å². The molecule has 0 radical (unpaired) electrons. The van der Waals surface area contributed by atoms with Gasteiger partial charge in [-0.2, -0.15) is 0 Å². The number of amides is 3. The Labute approximate surface area is 236 Å². The fourth-order valence-corrected chi connectivity index (χ4v) is 4.84. The Kier molecular flexibility index (Phi) is 10.5. The summed E-state index contributed by atoms with van der Waals surface area (Å²) in [5.41, 5.74) is 2.85. The van der Waals surface area contributed by atoms with Crippen LogP contribution in [0.5, 0.6) is 0 Å². The molecule has 9 nitrogen and oxygen atoms in total. The van der Waals surface area contributed by atoms with E-state index in [-0.39, 0.29) is 24.3 Å². The third kappa shape index (κ3) is 7.91. The first kappa shape index (κ1) is 30.8. The maximum Gasteiger partial charge on any atom is 0.337 e. The molecule has 0 fully saturated rings. The highest BCUT2D eigenvalue weighted by atomic mass is 16.5. The van der Waals surface area contributed by atoms with Crippen LogP contribution in [0.15, 0.2) is 48.5 Å². The lowest BCUT2D eigenvalue weighted by Gasteiger charge is -2.33. The Bertz CT molecular complexity index is 1200. The van der Waals surface area contributed by atoms with Gasteiger partial charge < -0.3 is 26.0 Å². The van der Waals surface area contributed by atoms with E-state index in [2.05, 4.69) is 27.3 Å². The number of hydrogen-bond acceptors (Lipinski definition) is 6. The molecule has 2 aromatic carbocycles. The standard InChI is InChI=1S/C31H42N4O5/c1-19(32-5)27(36)35-26(31(2,3)4)29(38)34-25(18-20-14-16-22(17-15-20)30(39)40-6)28(37)33-24-13-9-11-21-10-7-8-12-23(21)24/h7-8,10,12,14-17,19,24-26,32H,9,11,13,18H2,1-6H3,(H,33,37)(H,34,38)(H,35,36)/t19-,24+,25-,26+/m0/s1. The third-order valence-corrected chi connectivity index (χ3v) is 7.37. The first-order chi connectivity index (χ1) is 18.9. The summed E-state index contributed by atoms with van der Waals surface area (Å²) >= 11 is 0. The van der Waals surface area contributed by atoms with E-state index >= 15 is 0 Å². The molecule has 0 aromatic heterocycles. The molecule has 4 N–H and O–H groups in total. The number of methoxy groups -OCH3 is 1. The molecule has 3 rings (SSSR count). The highest BCUT2D eigenvalue weighted by Gasteiger charge is 2.36. The van der Waals surface area contributed by atoms with Crippen molar-refractivity contribution in [2.75, 3.05) is 14.2 Å². The summed E-state index contributed by atoms with van der Waals surface area (Å²) in [4.78, 5) is 51.9. The summed E-state index contributed by atoms with van der Waals surface area (Å²) in [6.07, 6.45) is 2.92. The molecule has 40 heavy (non-hydrogen) atoms. The molecule has 0 saturated carbocycles. The zero-order valence-electron chi connectivity index (χ0n) is 24.3. The van der Waals surface area contributed by atoms with E-state index in [9.17, 15) is 19.2 Å². The summed E-state index contributed by atoms with van der Waals surface area (Å²) in [6.45, 7) is 7.30. The number of rotatable bonds is 10. The molecule has 0 unspecified atom stereocenters. The van der Waals surface area contributed by atoms with Crippen molar-refractivity contribution in [3.05, 3.63) is 70.8 Å². The van der Waals surface area contributed by atoms with Gasteiger partial charge in [-0.25, -0.2) is 4.79 Å². The van der Waals surface area contributed by atoms with Gasteiger partial charge in [0.1, 0.15) is 12.1 Å². The van der Waals surface area contributed by atoms with Gasteiger partial charge in [0.15, 0.2) is 0 Å². The second kappa shape index (κ2) is 13.6. The summed E-state index contributed by atoms with van der Waals surface area (Å²) in [7, 11) is 2.99. The van der Waals surface area contributed by atoms with Crippen LogP contribution in [0.1, 0.15) is 73.6 Å². The van der Waals surface area contributed by atoms with E-state index in [0.29, 0.717) is 5.56 Å². The largest absolute Gasteiger partial charge is 0.465 e. The lowest BCUT2D eigenvalue weighted by Crippen LogP contribution is -2.60. The minimum absolute atomic E-state index is 0.159. The van der Waals surface area contributed by atoms with Gasteiger partial charge in [0, 0.05) is 6.42 Å². The van der Waals surface area contributed by atoms with Crippen molar-refractivity contribution in [1.82, 2.24) is 21.3 Å². The van der Waals surface area contributed by atoms with E-state index in [4.69, 9.17) is 4.74 Å². The second-order valence-electron chi connectivity index (χ2n) is 11.4. The highest BCUT2D eigenvalue weighted by molar-refractivity contribution is 5.94. The Morgan fingerprint density at radius 3 is 2.25 bits per heavy atom. The van der Waals surface area contributed by atoms with Gasteiger partial charge in [0.2, 0.25) is 17.7 Å². The molecule has 0 heterocycles. The number of carbonyl (C=O) groups excluding carboxylic acids is 4. The summed E-state index contributed by atoms with van der Waals surface area (Å²) < 4.78 is 4.78. The molecular weight excluding hydrogens is 508 g/mol. The van der Waals surface area contributed by atoms with Gasteiger partial charge in [0.25, 0.3) is 0 Å². The Hall–Kier alpha value is -3.72. The van der Waals surface area contributed by atoms with Crippen LogP contribution in [0.25, 0.3) is 0 Å². The zero-order chi connectivity index (χ0) is 29.4.